The Hall–Kier alpha value is -0.840. The number of hydrogen-bond donors (Lipinski definition) is 1. The summed E-state index contributed by atoms with van der Waals surface area (Å²) in [6.45, 7) is 1.29. The molecule has 1 aliphatic rings. The number of amides is 2. The zero-order chi connectivity index (χ0) is 9.52. The van der Waals surface area contributed by atoms with Gasteiger partial charge in [-0.3, -0.25) is 4.90 Å². The van der Waals surface area contributed by atoms with Crippen molar-refractivity contribution in [3.63, 3.8) is 0 Å². The van der Waals surface area contributed by atoms with Gasteiger partial charge in [-0.15, -0.1) is 0 Å². The highest BCUT2D eigenvalue weighted by Gasteiger charge is 2.09. The summed E-state index contributed by atoms with van der Waals surface area (Å²) in [4.78, 5) is 16.7. The lowest BCUT2D eigenvalue weighted by molar-refractivity contribution is 0.224. The van der Waals surface area contributed by atoms with Crippen LogP contribution in [0.2, 0.25) is 0 Å². The molecule has 0 aromatic rings. The van der Waals surface area contributed by atoms with Crippen LogP contribution in [0.4, 0.5) is 4.79 Å². The molecule has 1 heterocycles. The topological polar surface area (TPSA) is 44.7 Å². The number of nitrogens with one attached hydrogen (secondary N) is 1. The Bertz CT molecular complexity index is 227. The van der Waals surface area contributed by atoms with Gasteiger partial charge in [0, 0.05) is 24.6 Å². The molecule has 0 aromatic carbocycles. The average molecular weight is 246 g/mol. The number of aliphatic imine (C=N–C) groups is 1. The predicted molar refractivity (Wildman–Crippen MR) is 56.1 cm³/mol. The summed E-state index contributed by atoms with van der Waals surface area (Å²) in [5.41, 5.74) is 0. The fourth-order valence-electron chi connectivity index (χ4n) is 0.887. The average Bonchev–Trinajstić information content (AvgIpc) is 2.19. The highest BCUT2D eigenvalue weighted by molar-refractivity contribution is 9.09. The minimum atomic E-state index is -0.0888. The molecule has 0 radical (unpaired) electrons. The number of rotatable bonds is 3. The second kappa shape index (κ2) is 5.75. The smallest absolute Gasteiger partial charge is 0.322 e. The molecule has 0 saturated carbocycles. The van der Waals surface area contributed by atoms with Crippen molar-refractivity contribution in [2.45, 2.75) is 6.42 Å². The molecule has 1 aliphatic heterocycles. The number of carbonyl (C=O) groups excluding carboxylic acids is 1. The molecule has 13 heavy (non-hydrogen) atoms. The molecule has 0 spiro atoms. The monoisotopic (exact) mass is 245 g/mol. The Kier molecular flexibility index (Phi) is 4.53. The highest BCUT2D eigenvalue weighted by atomic mass is 79.9. The van der Waals surface area contributed by atoms with Gasteiger partial charge < -0.3 is 5.32 Å². The predicted octanol–water partition coefficient (Wildman–Crippen LogP) is 1.34. The SMILES string of the molecule is O=C(NCCCBr)N1C=NC=CC1. The van der Waals surface area contributed by atoms with Crippen molar-refractivity contribution in [2.24, 2.45) is 4.99 Å². The molecule has 5 heteroatoms. The number of urea groups is 1. The van der Waals surface area contributed by atoms with Gasteiger partial charge in [0.1, 0.15) is 0 Å². The molecule has 1 N–H and O–H groups in total. The third-order valence-electron chi connectivity index (χ3n) is 1.55. The first-order valence-electron chi connectivity index (χ1n) is 4.13. The zero-order valence-corrected chi connectivity index (χ0v) is 8.83. The maximum absolute atomic E-state index is 11.3. The van der Waals surface area contributed by atoms with Crippen molar-refractivity contribution >= 4 is 28.3 Å². The van der Waals surface area contributed by atoms with Crippen LogP contribution < -0.4 is 5.32 Å². The van der Waals surface area contributed by atoms with Gasteiger partial charge in [0.25, 0.3) is 0 Å². The third-order valence-corrected chi connectivity index (χ3v) is 2.11. The maximum atomic E-state index is 11.3. The number of hydrogen-bond acceptors (Lipinski definition) is 2. The molecule has 0 bridgehead atoms. The first kappa shape index (κ1) is 10.2. The fourth-order valence-corrected chi connectivity index (χ4v) is 1.17. The molecule has 0 aromatic heterocycles. The molecular formula is C8H12BrN3O. The van der Waals surface area contributed by atoms with E-state index in [1.54, 1.807) is 6.20 Å². The van der Waals surface area contributed by atoms with Gasteiger partial charge in [0.15, 0.2) is 0 Å². The summed E-state index contributed by atoms with van der Waals surface area (Å²) in [5, 5.41) is 3.69. The van der Waals surface area contributed by atoms with Crippen LogP contribution in [0.25, 0.3) is 0 Å². The van der Waals surface area contributed by atoms with Gasteiger partial charge in [0.05, 0.1) is 6.34 Å². The molecule has 2 amide bonds. The number of alkyl halides is 1. The minimum Gasteiger partial charge on any atom is -0.338 e. The molecule has 4 nitrogen and oxygen atoms in total. The Morgan fingerprint density at radius 2 is 2.54 bits per heavy atom. The van der Waals surface area contributed by atoms with E-state index in [-0.39, 0.29) is 6.03 Å². The molecular weight excluding hydrogens is 234 g/mol. The second-order valence-electron chi connectivity index (χ2n) is 2.58. The Balaban J connectivity index is 2.23. The van der Waals surface area contributed by atoms with E-state index in [1.165, 1.54) is 11.2 Å². The summed E-state index contributed by atoms with van der Waals surface area (Å²) >= 11 is 3.29. The number of halogens is 1. The van der Waals surface area contributed by atoms with Gasteiger partial charge in [-0.25, -0.2) is 9.79 Å². The highest BCUT2D eigenvalue weighted by Crippen LogP contribution is 1.93. The maximum Gasteiger partial charge on any atom is 0.322 e. The van der Waals surface area contributed by atoms with E-state index in [2.05, 4.69) is 26.2 Å². The molecule has 0 aliphatic carbocycles. The van der Waals surface area contributed by atoms with Gasteiger partial charge in [-0.05, 0) is 12.5 Å². The Morgan fingerprint density at radius 3 is 3.15 bits per heavy atom. The molecule has 0 unspecified atom stereocenters. The molecule has 72 valence electrons. The Labute approximate surface area is 85.8 Å². The van der Waals surface area contributed by atoms with Crippen LogP contribution in [0.3, 0.4) is 0 Å². The number of nitrogens with zero attached hydrogens (tertiary/aromatic N) is 2. The fraction of sp³-hybridized carbons (Fsp3) is 0.500. The van der Waals surface area contributed by atoms with Crippen LogP contribution in [0, 0.1) is 0 Å². The summed E-state index contributed by atoms with van der Waals surface area (Å²) in [6, 6.07) is -0.0888. The van der Waals surface area contributed by atoms with E-state index in [0.29, 0.717) is 13.1 Å². The van der Waals surface area contributed by atoms with Crippen LogP contribution in [0.15, 0.2) is 17.3 Å². The molecule has 0 atom stereocenters. The molecule has 1 rings (SSSR count). The molecule has 0 saturated heterocycles. The van der Waals surface area contributed by atoms with Crippen LogP contribution in [-0.2, 0) is 0 Å². The van der Waals surface area contributed by atoms with Crippen molar-refractivity contribution in [1.29, 1.82) is 0 Å². The van der Waals surface area contributed by atoms with E-state index in [9.17, 15) is 4.79 Å². The summed E-state index contributed by atoms with van der Waals surface area (Å²) < 4.78 is 0. The Morgan fingerprint density at radius 1 is 1.69 bits per heavy atom. The van der Waals surface area contributed by atoms with Crippen LogP contribution in [0.1, 0.15) is 6.42 Å². The van der Waals surface area contributed by atoms with Crippen molar-refractivity contribution in [3.05, 3.63) is 12.3 Å². The van der Waals surface area contributed by atoms with Crippen LogP contribution >= 0.6 is 15.9 Å². The van der Waals surface area contributed by atoms with Gasteiger partial charge in [-0.1, -0.05) is 15.9 Å². The van der Waals surface area contributed by atoms with Crippen LogP contribution in [0.5, 0.6) is 0 Å². The lowest BCUT2D eigenvalue weighted by Gasteiger charge is -2.17. The lowest BCUT2D eigenvalue weighted by atomic mass is 10.4. The quantitative estimate of drug-likeness (QED) is 0.592. The number of carbonyl (C=O) groups is 1. The molecule has 0 fully saturated rings. The summed E-state index contributed by atoms with van der Waals surface area (Å²) in [5.74, 6) is 0. The lowest BCUT2D eigenvalue weighted by Crippen LogP contribution is -2.40. The minimum absolute atomic E-state index is 0.0888. The zero-order valence-electron chi connectivity index (χ0n) is 7.24. The van der Waals surface area contributed by atoms with E-state index in [4.69, 9.17) is 0 Å². The van der Waals surface area contributed by atoms with Gasteiger partial charge in [0.2, 0.25) is 0 Å². The van der Waals surface area contributed by atoms with Gasteiger partial charge in [-0.2, -0.15) is 0 Å². The van der Waals surface area contributed by atoms with Crippen molar-refractivity contribution in [3.8, 4) is 0 Å². The first-order valence-corrected chi connectivity index (χ1v) is 5.25. The van der Waals surface area contributed by atoms with E-state index >= 15 is 0 Å². The van der Waals surface area contributed by atoms with Crippen LogP contribution in [-0.4, -0.2) is 35.7 Å². The van der Waals surface area contributed by atoms with E-state index in [1.807, 2.05) is 6.08 Å². The van der Waals surface area contributed by atoms with Gasteiger partial charge >= 0.3 is 6.03 Å². The largest absolute Gasteiger partial charge is 0.338 e. The van der Waals surface area contributed by atoms with Crippen molar-refractivity contribution < 1.29 is 4.79 Å². The van der Waals surface area contributed by atoms with Crippen molar-refractivity contribution in [2.75, 3.05) is 18.4 Å². The first-order chi connectivity index (χ1) is 6.34. The third kappa shape index (κ3) is 3.59. The van der Waals surface area contributed by atoms with E-state index < -0.39 is 0 Å². The second-order valence-corrected chi connectivity index (χ2v) is 3.37. The van der Waals surface area contributed by atoms with Crippen molar-refractivity contribution in [1.82, 2.24) is 10.2 Å². The van der Waals surface area contributed by atoms with E-state index in [0.717, 1.165) is 11.8 Å². The standard InChI is InChI=1S/C8H12BrN3O/c9-3-1-5-11-8(13)12-6-2-4-10-7-12/h2,4,7H,1,3,5-6H2,(H,11,13). The normalized spacial score (nSPS) is 14.7. The summed E-state index contributed by atoms with van der Waals surface area (Å²) in [6.07, 6.45) is 5.99. The summed E-state index contributed by atoms with van der Waals surface area (Å²) in [7, 11) is 0.